The van der Waals surface area contributed by atoms with Crippen LogP contribution in [-0.4, -0.2) is 33.0 Å². The van der Waals surface area contributed by atoms with Crippen molar-refractivity contribution in [3.63, 3.8) is 0 Å². The third-order valence-corrected chi connectivity index (χ3v) is 2.24. The summed E-state index contributed by atoms with van der Waals surface area (Å²) in [6.07, 6.45) is 2.13. The van der Waals surface area contributed by atoms with Gasteiger partial charge < -0.3 is 15.2 Å². The van der Waals surface area contributed by atoms with Crippen molar-refractivity contribution in [2.75, 3.05) is 20.8 Å². The van der Waals surface area contributed by atoms with Crippen molar-refractivity contribution >= 4 is 0 Å². The lowest BCUT2D eigenvalue weighted by Gasteiger charge is -2.25. The number of hydrogen-bond acceptors (Lipinski definition) is 3. The third-order valence-electron chi connectivity index (χ3n) is 2.24. The summed E-state index contributed by atoms with van der Waals surface area (Å²) in [7, 11) is 3.43. The van der Waals surface area contributed by atoms with E-state index in [0.717, 1.165) is 19.4 Å². The van der Waals surface area contributed by atoms with Crippen LogP contribution >= 0.6 is 0 Å². The predicted molar refractivity (Wildman–Crippen MR) is 54.7 cm³/mol. The summed E-state index contributed by atoms with van der Waals surface area (Å²) in [5.41, 5.74) is 5.99. The van der Waals surface area contributed by atoms with Crippen LogP contribution < -0.4 is 5.73 Å². The Morgan fingerprint density at radius 2 is 1.85 bits per heavy atom. The summed E-state index contributed by atoms with van der Waals surface area (Å²) >= 11 is 0. The summed E-state index contributed by atoms with van der Waals surface area (Å²) in [4.78, 5) is 0. The Morgan fingerprint density at radius 1 is 1.23 bits per heavy atom. The standard InChI is InChI=1S/C10H23NO2/c1-8(2)10(13-4)9(11)6-5-7-12-3/h8-10H,5-7,11H2,1-4H3. The lowest BCUT2D eigenvalue weighted by atomic mass is 9.97. The van der Waals surface area contributed by atoms with Crippen molar-refractivity contribution in [3.05, 3.63) is 0 Å². The zero-order chi connectivity index (χ0) is 10.3. The summed E-state index contributed by atoms with van der Waals surface area (Å²) < 4.78 is 10.3. The van der Waals surface area contributed by atoms with Crippen LogP contribution in [0.4, 0.5) is 0 Å². The van der Waals surface area contributed by atoms with Gasteiger partial charge in [0.2, 0.25) is 0 Å². The highest BCUT2D eigenvalue weighted by Gasteiger charge is 2.19. The Morgan fingerprint density at radius 3 is 2.23 bits per heavy atom. The SMILES string of the molecule is COCCCC(N)C(OC)C(C)C. The topological polar surface area (TPSA) is 44.5 Å². The van der Waals surface area contributed by atoms with Gasteiger partial charge in [-0.3, -0.25) is 0 Å². The highest BCUT2D eigenvalue weighted by atomic mass is 16.5. The molecule has 0 aliphatic heterocycles. The molecule has 0 amide bonds. The van der Waals surface area contributed by atoms with Crippen LogP contribution in [0.5, 0.6) is 0 Å². The van der Waals surface area contributed by atoms with Gasteiger partial charge in [-0.1, -0.05) is 13.8 Å². The first kappa shape index (κ1) is 12.9. The Hall–Kier alpha value is -0.120. The number of ether oxygens (including phenoxy) is 2. The zero-order valence-electron chi connectivity index (χ0n) is 9.25. The largest absolute Gasteiger partial charge is 0.385 e. The maximum absolute atomic E-state index is 5.99. The highest BCUT2D eigenvalue weighted by molar-refractivity contribution is 4.75. The molecule has 0 aliphatic carbocycles. The number of nitrogens with two attached hydrogens (primary N) is 1. The van der Waals surface area contributed by atoms with E-state index in [2.05, 4.69) is 13.8 Å². The molecule has 0 aromatic carbocycles. The second kappa shape index (κ2) is 7.30. The molecule has 3 heteroatoms. The zero-order valence-corrected chi connectivity index (χ0v) is 9.25. The molecule has 2 unspecified atom stereocenters. The smallest absolute Gasteiger partial charge is 0.0744 e. The van der Waals surface area contributed by atoms with E-state index in [0.29, 0.717) is 5.92 Å². The van der Waals surface area contributed by atoms with Gasteiger partial charge in [-0.15, -0.1) is 0 Å². The van der Waals surface area contributed by atoms with Crippen LogP contribution in [0.25, 0.3) is 0 Å². The Kier molecular flexibility index (Phi) is 7.23. The van der Waals surface area contributed by atoms with Gasteiger partial charge >= 0.3 is 0 Å². The first-order chi connectivity index (χ1) is 6.13. The minimum absolute atomic E-state index is 0.125. The lowest BCUT2D eigenvalue weighted by molar-refractivity contribution is 0.0393. The second-order valence-electron chi connectivity index (χ2n) is 3.74. The van der Waals surface area contributed by atoms with Crippen molar-refractivity contribution in [3.8, 4) is 0 Å². The first-order valence-electron chi connectivity index (χ1n) is 4.90. The number of hydrogen-bond donors (Lipinski definition) is 1. The molecular weight excluding hydrogens is 166 g/mol. The van der Waals surface area contributed by atoms with Crippen LogP contribution in [-0.2, 0) is 9.47 Å². The molecule has 0 saturated carbocycles. The van der Waals surface area contributed by atoms with E-state index >= 15 is 0 Å². The Balaban J connectivity index is 3.70. The fourth-order valence-electron chi connectivity index (χ4n) is 1.57. The molecule has 0 spiro atoms. The van der Waals surface area contributed by atoms with Gasteiger partial charge in [0.1, 0.15) is 0 Å². The van der Waals surface area contributed by atoms with Crippen molar-refractivity contribution in [2.24, 2.45) is 11.7 Å². The molecule has 13 heavy (non-hydrogen) atoms. The fourth-order valence-corrected chi connectivity index (χ4v) is 1.57. The maximum Gasteiger partial charge on any atom is 0.0744 e. The van der Waals surface area contributed by atoms with Crippen molar-refractivity contribution in [1.29, 1.82) is 0 Å². The molecule has 0 rings (SSSR count). The number of rotatable bonds is 7. The molecule has 0 radical (unpaired) electrons. The monoisotopic (exact) mass is 189 g/mol. The lowest BCUT2D eigenvalue weighted by Crippen LogP contribution is -2.39. The summed E-state index contributed by atoms with van der Waals surface area (Å²) in [6, 6.07) is 0.125. The normalized spacial score (nSPS) is 16.2. The van der Waals surface area contributed by atoms with Gasteiger partial charge in [0, 0.05) is 26.9 Å². The molecule has 0 aliphatic rings. The number of methoxy groups -OCH3 is 2. The average molecular weight is 189 g/mol. The van der Waals surface area contributed by atoms with Gasteiger partial charge in [-0.2, -0.15) is 0 Å². The predicted octanol–water partition coefficient (Wildman–Crippen LogP) is 1.41. The minimum Gasteiger partial charge on any atom is -0.385 e. The van der Waals surface area contributed by atoms with Crippen LogP contribution in [0.2, 0.25) is 0 Å². The van der Waals surface area contributed by atoms with Gasteiger partial charge in [-0.05, 0) is 18.8 Å². The Bertz CT molecular complexity index is 117. The van der Waals surface area contributed by atoms with Crippen molar-refractivity contribution < 1.29 is 9.47 Å². The molecule has 80 valence electrons. The maximum atomic E-state index is 5.99. The van der Waals surface area contributed by atoms with Crippen LogP contribution in [0, 0.1) is 5.92 Å². The fraction of sp³-hybridized carbons (Fsp3) is 1.00. The summed E-state index contributed by atoms with van der Waals surface area (Å²) in [6.45, 7) is 5.04. The summed E-state index contributed by atoms with van der Waals surface area (Å²) in [5.74, 6) is 0.475. The molecule has 2 N–H and O–H groups in total. The van der Waals surface area contributed by atoms with Crippen molar-refractivity contribution in [2.45, 2.75) is 38.8 Å². The van der Waals surface area contributed by atoms with Crippen molar-refractivity contribution in [1.82, 2.24) is 0 Å². The van der Waals surface area contributed by atoms with E-state index in [4.69, 9.17) is 15.2 Å². The molecule has 0 saturated heterocycles. The van der Waals surface area contributed by atoms with E-state index in [1.165, 1.54) is 0 Å². The molecular formula is C10H23NO2. The Labute approximate surface area is 81.6 Å². The van der Waals surface area contributed by atoms with Gasteiger partial charge in [-0.25, -0.2) is 0 Å². The molecule has 3 nitrogen and oxygen atoms in total. The van der Waals surface area contributed by atoms with E-state index in [1.807, 2.05) is 0 Å². The molecule has 2 atom stereocenters. The molecule has 0 aromatic heterocycles. The molecule has 0 heterocycles. The summed E-state index contributed by atoms with van der Waals surface area (Å²) in [5, 5.41) is 0. The van der Waals surface area contributed by atoms with Gasteiger partial charge in [0.05, 0.1) is 6.10 Å². The third kappa shape index (κ3) is 5.24. The van der Waals surface area contributed by atoms with Gasteiger partial charge in [0.15, 0.2) is 0 Å². The molecule has 0 bridgehead atoms. The van der Waals surface area contributed by atoms with E-state index in [9.17, 15) is 0 Å². The first-order valence-corrected chi connectivity index (χ1v) is 4.90. The highest BCUT2D eigenvalue weighted by Crippen LogP contribution is 2.12. The van der Waals surface area contributed by atoms with Crippen LogP contribution in [0.15, 0.2) is 0 Å². The van der Waals surface area contributed by atoms with Crippen LogP contribution in [0.1, 0.15) is 26.7 Å². The average Bonchev–Trinajstić information content (AvgIpc) is 2.05. The van der Waals surface area contributed by atoms with E-state index < -0.39 is 0 Å². The molecule has 0 aromatic rings. The van der Waals surface area contributed by atoms with E-state index in [-0.39, 0.29) is 12.1 Å². The minimum atomic E-state index is 0.125. The second-order valence-corrected chi connectivity index (χ2v) is 3.74. The molecule has 0 fully saturated rings. The van der Waals surface area contributed by atoms with Crippen LogP contribution in [0.3, 0.4) is 0 Å². The quantitative estimate of drug-likeness (QED) is 0.616. The van der Waals surface area contributed by atoms with E-state index in [1.54, 1.807) is 14.2 Å². The van der Waals surface area contributed by atoms with Gasteiger partial charge in [0.25, 0.3) is 0 Å².